The summed E-state index contributed by atoms with van der Waals surface area (Å²) in [5.41, 5.74) is 0. The standard InChI is InChI=1S/C9H14ClN3.CH2O2/c1-7-11-8(10)6-9(12-7)13-4-2-3-5-13;2-1-3/h6-7,11H,2-5H2,1H3;1H,(H,2,3). The van der Waals surface area contributed by atoms with Gasteiger partial charge in [-0.1, -0.05) is 11.6 Å². The van der Waals surface area contributed by atoms with Crippen LogP contribution in [0.4, 0.5) is 0 Å². The van der Waals surface area contributed by atoms with Crippen molar-refractivity contribution in [3.63, 3.8) is 0 Å². The molecule has 90 valence electrons. The fraction of sp³-hybridized carbons (Fsp3) is 0.600. The third-order valence-electron chi connectivity index (χ3n) is 2.36. The van der Waals surface area contributed by atoms with E-state index in [1.54, 1.807) is 0 Å². The Bertz CT molecular complexity index is 298. The Morgan fingerprint density at radius 2 is 2.19 bits per heavy atom. The lowest BCUT2D eigenvalue weighted by atomic mass is 10.4. The number of nitrogens with one attached hydrogen (secondary N) is 1. The molecule has 1 saturated heterocycles. The van der Waals surface area contributed by atoms with Crippen molar-refractivity contribution in [2.24, 2.45) is 4.99 Å². The van der Waals surface area contributed by atoms with Crippen molar-refractivity contribution in [2.45, 2.75) is 25.9 Å². The van der Waals surface area contributed by atoms with E-state index < -0.39 is 0 Å². The number of hydrogen-bond donors (Lipinski definition) is 2. The molecule has 2 aliphatic heterocycles. The Labute approximate surface area is 99.8 Å². The summed E-state index contributed by atoms with van der Waals surface area (Å²) in [5, 5.41) is 10.6. The molecule has 0 radical (unpaired) electrons. The zero-order valence-corrected chi connectivity index (χ0v) is 9.94. The molecule has 0 amide bonds. The van der Waals surface area contributed by atoms with Gasteiger partial charge in [0.15, 0.2) is 0 Å². The molecule has 0 aliphatic carbocycles. The molecule has 0 aromatic carbocycles. The van der Waals surface area contributed by atoms with Gasteiger partial charge in [0.25, 0.3) is 6.47 Å². The highest BCUT2D eigenvalue weighted by atomic mass is 35.5. The molecule has 0 aromatic heterocycles. The zero-order valence-electron chi connectivity index (χ0n) is 9.19. The van der Waals surface area contributed by atoms with Crippen molar-refractivity contribution in [1.82, 2.24) is 10.2 Å². The van der Waals surface area contributed by atoms with Crippen LogP contribution in [-0.2, 0) is 4.79 Å². The van der Waals surface area contributed by atoms with Crippen molar-refractivity contribution in [2.75, 3.05) is 13.1 Å². The number of carbonyl (C=O) groups is 1. The van der Waals surface area contributed by atoms with Gasteiger partial charge < -0.3 is 15.3 Å². The smallest absolute Gasteiger partial charge is 0.290 e. The Balaban J connectivity index is 0.000000386. The van der Waals surface area contributed by atoms with Gasteiger partial charge >= 0.3 is 0 Å². The van der Waals surface area contributed by atoms with E-state index in [2.05, 4.69) is 15.2 Å². The zero-order chi connectivity index (χ0) is 12.0. The summed E-state index contributed by atoms with van der Waals surface area (Å²) >= 11 is 5.93. The first kappa shape index (κ1) is 12.8. The summed E-state index contributed by atoms with van der Waals surface area (Å²) in [6, 6.07) is 0. The number of carboxylic acid groups (broad SMARTS) is 1. The number of nitrogens with zero attached hydrogens (tertiary/aromatic N) is 2. The van der Waals surface area contributed by atoms with Crippen LogP contribution < -0.4 is 5.32 Å². The monoisotopic (exact) mass is 245 g/mol. The number of amidine groups is 1. The van der Waals surface area contributed by atoms with Crippen molar-refractivity contribution >= 4 is 23.9 Å². The average molecular weight is 246 g/mol. The van der Waals surface area contributed by atoms with Gasteiger partial charge in [0.05, 0.1) is 0 Å². The van der Waals surface area contributed by atoms with E-state index in [1.165, 1.54) is 12.8 Å². The minimum atomic E-state index is -0.250. The van der Waals surface area contributed by atoms with Crippen molar-refractivity contribution in [1.29, 1.82) is 0 Å². The third-order valence-corrected chi connectivity index (χ3v) is 2.58. The third kappa shape index (κ3) is 3.73. The molecule has 1 atom stereocenters. The Morgan fingerprint density at radius 1 is 1.62 bits per heavy atom. The molecule has 16 heavy (non-hydrogen) atoms. The molecule has 0 spiro atoms. The number of likely N-dealkylation sites (tertiary alicyclic amines) is 1. The van der Waals surface area contributed by atoms with E-state index in [4.69, 9.17) is 21.5 Å². The van der Waals surface area contributed by atoms with E-state index in [0.29, 0.717) is 5.16 Å². The van der Waals surface area contributed by atoms with E-state index in [-0.39, 0.29) is 12.6 Å². The molecule has 0 bridgehead atoms. The SMILES string of the molecule is CC1N=C(N2CCCC2)C=C(Cl)N1.O=CO. The second-order valence-electron chi connectivity index (χ2n) is 3.60. The van der Waals surface area contributed by atoms with Gasteiger partial charge in [0.1, 0.15) is 17.2 Å². The van der Waals surface area contributed by atoms with Gasteiger partial charge in [0, 0.05) is 19.2 Å². The number of hydrogen-bond acceptors (Lipinski definition) is 4. The minimum Gasteiger partial charge on any atom is -0.483 e. The quantitative estimate of drug-likeness (QED) is 0.497. The van der Waals surface area contributed by atoms with Crippen molar-refractivity contribution < 1.29 is 9.90 Å². The molecule has 0 aromatic rings. The highest BCUT2D eigenvalue weighted by Gasteiger charge is 2.18. The van der Waals surface area contributed by atoms with Crippen LogP contribution in [0, 0.1) is 0 Å². The molecule has 0 saturated carbocycles. The Kier molecular flexibility index (Phi) is 5.11. The van der Waals surface area contributed by atoms with Crippen LogP contribution in [0.1, 0.15) is 19.8 Å². The lowest BCUT2D eigenvalue weighted by Crippen LogP contribution is -2.35. The Morgan fingerprint density at radius 3 is 2.69 bits per heavy atom. The number of halogens is 1. The lowest BCUT2D eigenvalue weighted by Gasteiger charge is -2.24. The van der Waals surface area contributed by atoms with Crippen LogP contribution >= 0.6 is 11.6 Å². The summed E-state index contributed by atoms with van der Waals surface area (Å²) < 4.78 is 0. The average Bonchev–Trinajstić information content (AvgIpc) is 2.69. The molecule has 2 rings (SSSR count). The molecular formula is C10H16ClN3O2. The predicted molar refractivity (Wildman–Crippen MR) is 63.5 cm³/mol. The molecule has 2 N–H and O–H groups in total. The summed E-state index contributed by atoms with van der Waals surface area (Å²) in [6.45, 7) is 3.99. The first-order valence-electron chi connectivity index (χ1n) is 5.21. The maximum Gasteiger partial charge on any atom is 0.290 e. The molecule has 2 aliphatic rings. The first-order valence-corrected chi connectivity index (χ1v) is 5.59. The van der Waals surface area contributed by atoms with Crippen LogP contribution in [0.5, 0.6) is 0 Å². The van der Waals surface area contributed by atoms with E-state index >= 15 is 0 Å². The lowest BCUT2D eigenvalue weighted by molar-refractivity contribution is -0.122. The van der Waals surface area contributed by atoms with E-state index in [1.807, 2.05) is 13.0 Å². The Hall–Kier alpha value is -1.23. The van der Waals surface area contributed by atoms with Crippen LogP contribution in [0.15, 0.2) is 16.2 Å². The molecule has 6 heteroatoms. The maximum atomic E-state index is 8.36. The summed E-state index contributed by atoms with van der Waals surface area (Å²) in [4.78, 5) is 15.1. The molecule has 2 heterocycles. The van der Waals surface area contributed by atoms with Crippen LogP contribution in [0.3, 0.4) is 0 Å². The highest BCUT2D eigenvalue weighted by molar-refractivity contribution is 6.31. The number of rotatable bonds is 0. The van der Waals surface area contributed by atoms with E-state index in [9.17, 15) is 0 Å². The van der Waals surface area contributed by atoms with Crippen molar-refractivity contribution in [3.8, 4) is 0 Å². The molecule has 1 fully saturated rings. The maximum absolute atomic E-state index is 8.36. The normalized spacial score (nSPS) is 23.6. The molecule has 1 unspecified atom stereocenters. The van der Waals surface area contributed by atoms with Gasteiger partial charge in [-0.2, -0.15) is 0 Å². The van der Waals surface area contributed by atoms with Gasteiger partial charge in [-0.3, -0.25) is 4.79 Å². The largest absolute Gasteiger partial charge is 0.483 e. The summed E-state index contributed by atoms with van der Waals surface area (Å²) in [5.74, 6) is 1.04. The highest BCUT2D eigenvalue weighted by Crippen LogP contribution is 2.14. The molecular weight excluding hydrogens is 230 g/mol. The predicted octanol–water partition coefficient (Wildman–Crippen LogP) is 1.21. The second-order valence-corrected chi connectivity index (χ2v) is 4.01. The van der Waals surface area contributed by atoms with Crippen LogP contribution in [0.25, 0.3) is 0 Å². The second kappa shape index (κ2) is 6.37. The molecule has 5 nitrogen and oxygen atoms in total. The topological polar surface area (TPSA) is 64.9 Å². The number of aliphatic imine (C=N–C) groups is 1. The van der Waals surface area contributed by atoms with Gasteiger partial charge in [-0.25, -0.2) is 4.99 Å². The van der Waals surface area contributed by atoms with Crippen LogP contribution in [0.2, 0.25) is 0 Å². The fourth-order valence-corrected chi connectivity index (χ4v) is 2.00. The van der Waals surface area contributed by atoms with E-state index in [0.717, 1.165) is 18.9 Å². The van der Waals surface area contributed by atoms with Gasteiger partial charge in [0.2, 0.25) is 0 Å². The minimum absolute atomic E-state index is 0.105. The first-order chi connectivity index (χ1) is 7.67. The van der Waals surface area contributed by atoms with Crippen molar-refractivity contribution in [3.05, 3.63) is 11.2 Å². The fourth-order valence-electron chi connectivity index (χ4n) is 1.74. The summed E-state index contributed by atoms with van der Waals surface area (Å²) in [6.07, 6.45) is 4.55. The van der Waals surface area contributed by atoms with Crippen LogP contribution in [-0.4, -0.2) is 41.6 Å². The summed E-state index contributed by atoms with van der Waals surface area (Å²) in [7, 11) is 0. The van der Waals surface area contributed by atoms with Gasteiger partial charge in [-0.15, -0.1) is 0 Å². The van der Waals surface area contributed by atoms with Gasteiger partial charge in [-0.05, 0) is 19.8 Å².